The Labute approximate surface area is 114 Å². The number of phenols is 1. The summed E-state index contributed by atoms with van der Waals surface area (Å²) in [5.74, 6) is 0.751. The maximum Gasteiger partial charge on any atom is 0.120 e. The molecule has 0 radical (unpaired) electrons. The lowest BCUT2D eigenvalue weighted by atomic mass is 9.81. The van der Waals surface area contributed by atoms with Crippen molar-refractivity contribution in [3.63, 3.8) is 0 Å². The number of hydrogen-bond acceptors (Lipinski definition) is 2. The van der Waals surface area contributed by atoms with Gasteiger partial charge in [-0.3, -0.25) is 0 Å². The molecule has 0 spiro atoms. The lowest BCUT2D eigenvalue weighted by Crippen LogP contribution is -2.23. The van der Waals surface area contributed by atoms with E-state index in [4.69, 9.17) is 17.3 Å². The van der Waals surface area contributed by atoms with E-state index in [1.807, 2.05) is 0 Å². The van der Waals surface area contributed by atoms with Gasteiger partial charge in [-0.2, -0.15) is 0 Å². The molecule has 0 aromatic heterocycles. The third-order valence-electron chi connectivity index (χ3n) is 3.51. The van der Waals surface area contributed by atoms with Gasteiger partial charge in [0.25, 0.3) is 0 Å². The minimum absolute atomic E-state index is 0. The molecule has 2 nitrogen and oxygen atoms in total. The van der Waals surface area contributed by atoms with E-state index in [0.29, 0.717) is 10.9 Å². The van der Waals surface area contributed by atoms with Gasteiger partial charge in [0.1, 0.15) is 5.75 Å². The smallest absolute Gasteiger partial charge is 0.120 e. The van der Waals surface area contributed by atoms with Crippen molar-refractivity contribution in [1.82, 2.24) is 0 Å². The number of nitrogens with two attached hydrogens (primary N) is 1. The molecule has 2 rings (SSSR count). The Balaban J connectivity index is 0.00000144. The summed E-state index contributed by atoms with van der Waals surface area (Å²) in [5, 5.41) is 10.4. The highest BCUT2D eigenvalue weighted by molar-refractivity contribution is 6.30. The molecule has 0 saturated heterocycles. The number of aromatic hydroxyl groups is 1. The van der Waals surface area contributed by atoms with E-state index in [-0.39, 0.29) is 24.2 Å². The minimum Gasteiger partial charge on any atom is -0.508 e. The van der Waals surface area contributed by atoms with Crippen molar-refractivity contribution in [2.24, 2.45) is 11.7 Å². The fourth-order valence-electron chi connectivity index (χ4n) is 2.54. The zero-order valence-corrected chi connectivity index (χ0v) is 11.3. The van der Waals surface area contributed by atoms with Crippen molar-refractivity contribution in [2.75, 3.05) is 0 Å². The van der Waals surface area contributed by atoms with Crippen LogP contribution >= 0.6 is 24.0 Å². The lowest BCUT2D eigenvalue weighted by molar-refractivity contribution is 0.303. The van der Waals surface area contributed by atoms with E-state index in [0.717, 1.165) is 18.4 Å². The highest BCUT2D eigenvalue weighted by Crippen LogP contribution is 2.36. The lowest BCUT2D eigenvalue weighted by Gasteiger charge is -2.28. The van der Waals surface area contributed by atoms with Gasteiger partial charge in [-0.1, -0.05) is 30.9 Å². The molecule has 1 aliphatic rings. The van der Waals surface area contributed by atoms with E-state index in [2.05, 4.69) is 0 Å². The van der Waals surface area contributed by atoms with Gasteiger partial charge in [-0.15, -0.1) is 12.4 Å². The Morgan fingerprint density at radius 2 is 1.88 bits per heavy atom. The van der Waals surface area contributed by atoms with Gasteiger partial charge in [0, 0.05) is 16.6 Å². The van der Waals surface area contributed by atoms with Gasteiger partial charge in [-0.25, -0.2) is 0 Å². The standard InChI is InChI=1S/C13H18ClNO.ClH/c14-10-6-7-12(16)11(8-10)13(15)9-4-2-1-3-5-9;/h6-9,13,16H,1-5,15H2;1H/t13-;/m0./s1. The molecule has 1 aromatic carbocycles. The molecule has 0 heterocycles. The summed E-state index contributed by atoms with van der Waals surface area (Å²) in [6.07, 6.45) is 6.13. The number of rotatable bonds is 2. The van der Waals surface area contributed by atoms with Crippen LogP contribution in [0.15, 0.2) is 18.2 Å². The molecule has 1 aliphatic carbocycles. The zero-order valence-electron chi connectivity index (χ0n) is 9.73. The van der Waals surface area contributed by atoms with Crippen LogP contribution in [0.2, 0.25) is 5.02 Å². The van der Waals surface area contributed by atoms with E-state index in [1.165, 1.54) is 19.3 Å². The molecule has 0 amide bonds. The maximum atomic E-state index is 9.80. The molecule has 1 saturated carbocycles. The normalized spacial score (nSPS) is 18.5. The van der Waals surface area contributed by atoms with E-state index in [9.17, 15) is 5.11 Å². The highest BCUT2D eigenvalue weighted by Gasteiger charge is 2.23. The van der Waals surface area contributed by atoms with E-state index in [1.54, 1.807) is 18.2 Å². The third-order valence-corrected chi connectivity index (χ3v) is 3.74. The predicted molar refractivity (Wildman–Crippen MR) is 73.9 cm³/mol. The fourth-order valence-corrected chi connectivity index (χ4v) is 2.72. The second-order valence-corrected chi connectivity index (χ2v) is 5.06. The molecular weight excluding hydrogens is 257 g/mol. The van der Waals surface area contributed by atoms with Crippen molar-refractivity contribution in [2.45, 2.75) is 38.1 Å². The Morgan fingerprint density at radius 1 is 1.24 bits per heavy atom. The van der Waals surface area contributed by atoms with Crippen molar-refractivity contribution < 1.29 is 5.11 Å². The van der Waals surface area contributed by atoms with E-state index < -0.39 is 0 Å². The average Bonchev–Trinajstić information content (AvgIpc) is 2.32. The summed E-state index contributed by atoms with van der Waals surface area (Å²) in [7, 11) is 0. The van der Waals surface area contributed by atoms with Crippen LogP contribution in [-0.4, -0.2) is 5.11 Å². The Hall–Kier alpha value is -0.440. The first-order chi connectivity index (χ1) is 7.68. The van der Waals surface area contributed by atoms with Crippen LogP contribution in [-0.2, 0) is 0 Å². The molecule has 1 fully saturated rings. The largest absolute Gasteiger partial charge is 0.508 e. The molecule has 1 aromatic rings. The number of halogens is 2. The molecule has 1 atom stereocenters. The van der Waals surface area contributed by atoms with Gasteiger partial charge >= 0.3 is 0 Å². The SMILES string of the molecule is Cl.N[C@H](c1cc(Cl)ccc1O)C1CCCCC1. The second-order valence-electron chi connectivity index (χ2n) is 4.63. The van der Waals surface area contributed by atoms with Gasteiger partial charge in [0.05, 0.1) is 0 Å². The zero-order chi connectivity index (χ0) is 11.5. The number of phenolic OH excluding ortho intramolecular Hbond substituents is 1. The monoisotopic (exact) mass is 275 g/mol. The maximum absolute atomic E-state index is 9.80. The molecule has 0 bridgehead atoms. The molecule has 0 unspecified atom stereocenters. The summed E-state index contributed by atoms with van der Waals surface area (Å²) < 4.78 is 0. The van der Waals surface area contributed by atoms with Crippen molar-refractivity contribution in [1.29, 1.82) is 0 Å². The van der Waals surface area contributed by atoms with Crippen molar-refractivity contribution in [3.8, 4) is 5.75 Å². The van der Waals surface area contributed by atoms with Gasteiger partial charge in [0.15, 0.2) is 0 Å². The third kappa shape index (κ3) is 3.51. The first-order valence-corrected chi connectivity index (χ1v) is 6.30. The average molecular weight is 276 g/mol. The predicted octanol–water partition coefficient (Wildman–Crippen LogP) is 4.05. The summed E-state index contributed by atoms with van der Waals surface area (Å²) in [5.41, 5.74) is 7.01. The fraction of sp³-hybridized carbons (Fsp3) is 0.538. The first-order valence-electron chi connectivity index (χ1n) is 5.92. The summed E-state index contributed by atoms with van der Waals surface area (Å²) in [6, 6.07) is 5.02. The molecule has 17 heavy (non-hydrogen) atoms. The van der Waals surface area contributed by atoms with Crippen molar-refractivity contribution in [3.05, 3.63) is 28.8 Å². The molecule has 96 valence electrons. The summed E-state index contributed by atoms with van der Waals surface area (Å²) >= 11 is 5.93. The number of benzene rings is 1. The van der Waals surface area contributed by atoms with Gasteiger partial charge in [-0.05, 0) is 37.0 Å². The van der Waals surface area contributed by atoms with E-state index >= 15 is 0 Å². The summed E-state index contributed by atoms with van der Waals surface area (Å²) in [4.78, 5) is 0. The minimum atomic E-state index is -0.0843. The molecule has 3 N–H and O–H groups in total. The van der Waals surface area contributed by atoms with Crippen LogP contribution < -0.4 is 5.73 Å². The van der Waals surface area contributed by atoms with Crippen LogP contribution in [0.25, 0.3) is 0 Å². The van der Waals surface area contributed by atoms with Crippen LogP contribution in [0, 0.1) is 5.92 Å². The summed E-state index contributed by atoms with van der Waals surface area (Å²) in [6.45, 7) is 0. The highest BCUT2D eigenvalue weighted by atomic mass is 35.5. The molecule has 0 aliphatic heterocycles. The van der Waals surface area contributed by atoms with Crippen LogP contribution in [0.1, 0.15) is 43.7 Å². The Kier molecular flexibility index (Phi) is 5.57. The topological polar surface area (TPSA) is 46.2 Å². The van der Waals surface area contributed by atoms with Gasteiger partial charge in [0.2, 0.25) is 0 Å². The number of hydrogen-bond donors (Lipinski definition) is 2. The molecule has 4 heteroatoms. The van der Waals surface area contributed by atoms with Crippen molar-refractivity contribution >= 4 is 24.0 Å². The van der Waals surface area contributed by atoms with Crippen LogP contribution in [0.4, 0.5) is 0 Å². The second kappa shape index (κ2) is 6.48. The van der Waals surface area contributed by atoms with Crippen LogP contribution in [0.5, 0.6) is 5.75 Å². The first kappa shape index (κ1) is 14.6. The Bertz CT molecular complexity index is 364. The quantitative estimate of drug-likeness (QED) is 0.856. The van der Waals surface area contributed by atoms with Crippen LogP contribution in [0.3, 0.4) is 0 Å². The van der Waals surface area contributed by atoms with Gasteiger partial charge < -0.3 is 10.8 Å². The Morgan fingerprint density at radius 3 is 2.53 bits per heavy atom. The molecular formula is C13H19Cl2NO.